The number of thiazole rings is 1. The first-order valence-corrected chi connectivity index (χ1v) is 10.3. The fraction of sp³-hybridized carbons (Fsp3) is 0.421. The maximum atomic E-state index is 12.9. The predicted molar refractivity (Wildman–Crippen MR) is 110 cm³/mol. The van der Waals surface area contributed by atoms with Gasteiger partial charge in [-0.1, -0.05) is 11.6 Å². The Labute approximate surface area is 172 Å². The molecule has 28 heavy (non-hydrogen) atoms. The lowest BCUT2D eigenvalue weighted by molar-refractivity contribution is 0.0892. The highest BCUT2D eigenvalue weighted by atomic mass is 35.5. The van der Waals surface area contributed by atoms with E-state index in [2.05, 4.69) is 39.1 Å². The lowest BCUT2D eigenvalue weighted by Gasteiger charge is -2.28. The van der Waals surface area contributed by atoms with Crippen molar-refractivity contribution in [1.29, 1.82) is 0 Å². The Kier molecular flexibility index (Phi) is 5.37. The van der Waals surface area contributed by atoms with Gasteiger partial charge in [0, 0.05) is 36.0 Å². The second-order valence-corrected chi connectivity index (χ2v) is 8.47. The molecule has 0 spiro atoms. The molecule has 1 aliphatic heterocycles. The third kappa shape index (κ3) is 3.65. The zero-order valence-corrected chi connectivity index (χ0v) is 17.5. The summed E-state index contributed by atoms with van der Waals surface area (Å²) < 4.78 is 5.30. The lowest BCUT2D eigenvalue weighted by atomic mass is 10.1. The van der Waals surface area contributed by atoms with Gasteiger partial charge in [0.1, 0.15) is 11.9 Å². The van der Waals surface area contributed by atoms with Gasteiger partial charge in [0.2, 0.25) is 0 Å². The molecule has 3 aromatic rings. The van der Waals surface area contributed by atoms with Gasteiger partial charge in [-0.2, -0.15) is 0 Å². The second kappa shape index (κ2) is 7.79. The molecular weight excluding hydrogens is 398 g/mol. The van der Waals surface area contributed by atoms with E-state index in [1.54, 1.807) is 19.2 Å². The molecule has 0 saturated carbocycles. The van der Waals surface area contributed by atoms with Gasteiger partial charge < -0.3 is 15.0 Å². The van der Waals surface area contributed by atoms with E-state index in [0.717, 1.165) is 29.7 Å². The normalized spacial score (nSPS) is 18.2. The fourth-order valence-electron chi connectivity index (χ4n) is 3.38. The van der Waals surface area contributed by atoms with E-state index >= 15 is 0 Å². The SMILES string of the molecule is COC[C@H](NC(=O)c1nc2c(s1)C(C)N(C)CC2)c1nc2cc(Cl)ccc2[nH]1. The first kappa shape index (κ1) is 19.3. The third-order valence-electron chi connectivity index (χ3n) is 5.10. The van der Waals surface area contributed by atoms with Crippen LogP contribution >= 0.6 is 22.9 Å². The number of nitrogens with zero attached hydrogens (tertiary/aromatic N) is 3. The van der Waals surface area contributed by atoms with Crippen LogP contribution in [0, 0.1) is 0 Å². The molecular formula is C19H22ClN5O2S. The quantitative estimate of drug-likeness (QED) is 0.662. The van der Waals surface area contributed by atoms with Crippen LogP contribution in [0.15, 0.2) is 18.2 Å². The Hall–Kier alpha value is -2.00. The molecule has 1 aliphatic rings. The first-order chi connectivity index (χ1) is 13.5. The molecule has 9 heteroatoms. The highest BCUT2D eigenvalue weighted by Gasteiger charge is 2.28. The number of nitrogens with one attached hydrogen (secondary N) is 2. The number of carbonyl (C=O) groups is 1. The van der Waals surface area contributed by atoms with Crippen LogP contribution in [0.5, 0.6) is 0 Å². The number of methoxy groups -OCH3 is 1. The van der Waals surface area contributed by atoms with Gasteiger partial charge in [0.25, 0.3) is 5.91 Å². The van der Waals surface area contributed by atoms with Crippen LogP contribution < -0.4 is 5.32 Å². The number of H-pyrrole nitrogens is 1. The van der Waals surface area contributed by atoms with E-state index in [1.165, 1.54) is 16.2 Å². The van der Waals surface area contributed by atoms with Crippen molar-refractivity contribution in [3.63, 3.8) is 0 Å². The number of fused-ring (bicyclic) bond motifs is 2. The summed E-state index contributed by atoms with van der Waals surface area (Å²) in [5.74, 6) is 0.414. The Morgan fingerprint density at radius 3 is 3.11 bits per heavy atom. The standard InChI is InChI=1S/C19H22ClN5O2S/c1-10-16-13(6-7-25(10)2)24-19(28-16)18(26)23-15(9-27-3)17-21-12-5-4-11(20)8-14(12)22-17/h4-5,8,10,15H,6-7,9H2,1-3H3,(H,21,22)(H,23,26)/t10?,15-/m0/s1. The largest absolute Gasteiger partial charge is 0.382 e. The van der Waals surface area contributed by atoms with E-state index in [1.807, 2.05) is 6.07 Å². The van der Waals surface area contributed by atoms with Gasteiger partial charge in [-0.3, -0.25) is 9.69 Å². The van der Waals surface area contributed by atoms with Gasteiger partial charge in [-0.25, -0.2) is 9.97 Å². The van der Waals surface area contributed by atoms with E-state index in [-0.39, 0.29) is 11.9 Å². The number of rotatable bonds is 5. The average molecular weight is 420 g/mol. The molecule has 0 fully saturated rings. The van der Waals surface area contributed by atoms with Crippen molar-refractivity contribution in [3.8, 4) is 0 Å². The number of hydrogen-bond donors (Lipinski definition) is 2. The molecule has 2 N–H and O–H groups in total. The van der Waals surface area contributed by atoms with Crippen LogP contribution in [0.25, 0.3) is 11.0 Å². The number of halogens is 1. The minimum absolute atomic E-state index is 0.213. The Bertz CT molecular complexity index is 1020. The van der Waals surface area contributed by atoms with Crippen molar-refractivity contribution >= 4 is 39.9 Å². The van der Waals surface area contributed by atoms with Crippen molar-refractivity contribution in [2.24, 2.45) is 0 Å². The van der Waals surface area contributed by atoms with Crippen LogP contribution in [-0.2, 0) is 11.2 Å². The molecule has 0 bridgehead atoms. The van der Waals surface area contributed by atoms with Crippen LogP contribution in [0.3, 0.4) is 0 Å². The van der Waals surface area contributed by atoms with Gasteiger partial charge in [0.05, 0.1) is 23.3 Å². The number of aromatic nitrogens is 3. The van der Waals surface area contributed by atoms with Crippen molar-refractivity contribution in [3.05, 3.63) is 44.6 Å². The first-order valence-electron chi connectivity index (χ1n) is 9.11. The monoisotopic (exact) mass is 419 g/mol. The average Bonchev–Trinajstić information content (AvgIpc) is 3.28. The summed E-state index contributed by atoms with van der Waals surface area (Å²) in [7, 11) is 3.69. The molecule has 148 valence electrons. The summed E-state index contributed by atoms with van der Waals surface area (Å²) in [6, 6.07) is 5.32. The second-order valence-electron chi connectivity index (χ2n) is 7.00. The van der Waals surface area contributed by atoms with Crippen LogP contribution in [0.2, 0.25) is 5.02 Å². The maximum absolute atomic E-state index is 12.9. The molecule has 2 aromatic heterocycles. The summed E-state index contributed by atoms with van der Waals surface area (Å²) in [6.45, 7) is 3.39. The molecule has 0 aliphatic carbocycles. The number of imidazole rings is 1. The third-order valence-corrected chi connectivity index (χ3v) is 6.60. The minimum Gasteiger partial charge on any atom is -0.382 e. The smallest absolute Gasteiger partial charge is 0.280 e. The number of carbonyl (C=O) groups excluding carboxylic acids is 1. The van der Waals surface area contributed by atoms with Crippen molar-refractivity contribution in [1.82, 2.24) is 25.2 Å². The lowest BCUT2D eigenvalue weighted by Crippen LogP contribution is -2.32. The summed E-state index contributed by atoms with van der Waals surface area (Å²) in [4.78, 5) is 28.7. The van der Waals surface area contributed by atoms with Crippen LogP contribution in [0.1, 0.15) is 45.2 Å². The topological polar surface area (TPSA) is 83.1 Å². The van der Waals surface area contributed by atoms with Crippen LogP contribution in [-0.4, -0.2) is 53.1 Å². The van der Waals surface area contributed by atoms with Gasteiger partial charge in [-0.05, 0) is 32.2 Å². The Morgan fingerprint density at radius 2 is 2.32 bits per heavy atom. The zero-order chi connectivity index (χ0) is 19.8. The molecule has 0 radical (unpaired) electrons. The molecule has 3 heterocycles. The number of amides is 1. The molecule has 2 atom stereocenters. The molecule has 1 amide bonds. The van der Waals surface area contributed by atoms with E-state index in [0.29, 0.717) is 22.5 Å². The molecule has 0 saturated heterocycles. The number of likely N-dealkylation sites (N-methyl/N-ethyl adjacent to an activating group) is 1. The summed E-state index contributed by atoms with van der Waals surface area (Å²) in [5.41, 5.74) is 2.64. The number of benzene rings is 1. The van der Waals surface area contributed by atoms with Crippen molar-refractivity contribution in [2.75, 3.05) is 27.3 Å². The highest BCUT2D eigenvalue weighted by Crippen LogP contribution is 2.33. The zero-order valence-electron chi connectivity index (χ0n) is 16.0. The van der Waals surface area contributed by atoms with Gasteiger partial charge >= 0.3 is 0 Å². The van der Waals surface area contributed by atoms with Crippen molar-refractivity contribution < 1.29 is 9.53 Å². The minimum atomic E-state index is -0.412. The fourth-order valence-corrected chi connectivity index (χ4v) is 4.68. The Morgan fingerprint density at radius 1 is 1.50 bits per heavy atom. The molecule has 4 rings (SSSR count). The van der Waals surface area contributed by atoms with E-state index in [4.69, 9.17) is 16.3 Å². The number of aromatic amines is 1. The van der Waals surface area contributed by atoms with E-state index < -0.39 is 6.04 Å². The van der Waals surface area contributed by atoms with E-state index in [9.17, 15) is 4.79 Å². The van der Waals surface area contributed by atoms with Gasteiger partial charge in [0.15, 0.2) is 5.01 Å². The predicted octanol–water partition coefficient (Wildman–Crippen LogP) is 3.34. The summed E-state index contributed by atoms with van der Waals surface area (Å²) in [6.07, 6.45) is 0.867. The number of hydrogen-bond acceptors (Lipinski definition) is 6. The summed E-state index contributed by atoms with van der Waals surface area (Å²) >= 11 is 7.51. The molecule has 7 nitrogen and oxygen atoms in total. The van der Waals surface area contributed by atoms with Gasteiger partial charge in [-0.15, -0.1) is 11.3 Å². The molecule has 1 unspecified atom stereocenters. The summed E-state index contributed by atoms with van der Waals surface area (Å²) in [5, 5.41) is 4.10. The highest BCUT2D eigenvalue weighted by molar-refractivity contribution is 7.13. The molecule has 1 aromatic carbocycles. The van der Waals surface area contributed by atoms with Crippen LogP contribution in [0.4, 0.5) is 0 Å². The maximum Gasteiger partial charge on any atom is 0.280 e. The van der Waals surface area contributed by atoms with Crippen molar-refractivity contribution in [2.45, 2.75) is 25.4 Å². The number of ether oxygens (including phenoxy) is 1. The Balaban J connectivity index is 1.57.